The topological polar surface area (TPSA) is 45.2 Å². The molecule has 0 saturated carbocycles. The number of thiophene rings is 1. The summed E-state index contributed by atoms with van der Waals surface area (Å²) in [6, 6.07) is 28.1. The molecule has 2 aromatic carbocycles. The number of hydrogen-bond donors (Lipinski definition) is 0. The Morgan fingerprint density at radius 1 is 0.800 bits per heavy atom. The normalized spacial score (nSPS) is 14.6. The van der Waals surface area contributed by atoms with Gasteiger partial charge in [-0.2, -0.15) is 0 Å². The van der Waals surface area contributed by atoms with Crippen LogP contribution < -0.4 is 4.90 Å². The van der Waals surface area contributed by atoms with E-state index in [4.69, 9.17) is 9.97 Å². The first kappa shape index (κ1) is 21.9. The molecule has 0 bridgehead atoms. The molecular formula is C29H27N5S. The van der Waals surface area contributed by atoms with Gasteiger partial charge in [-0.1, -0.05) is 60.7 Å². The summed E-state index contributed by atoms with van der Waals surface area (Å²) < 4.78 is 0. The molecule has 35 heavy (non-hydrogen) atoms. The highest BCUT2D eigenvalue weighted by molar-refractivity contribution is 7.18. The van der Waals surface area contributed by atoms with Crippen LogP contribution in [0.4, 0.5) is 5.82 Å². The van der Waals surface area contributed by atoms with Gasteiger partial charge in [0.2, 0.25) is 0 Å². The smallest absolute Gasteiger partial charge is 0.164 e. The zero-order valence-corrected chi connectivity index (χ0v) is 20.5. The molecule has 1 aliphatic heterocycles. The van der Waals surface area contributed by atoms with Crippen LogP contribution in [0.5, 0.6) is 0 Å². The van der Waals surface area contributed by atoms with E-state index in [0.717, 1.165) is 53.6 Å². The number of aryl methyl sites for hydroxylation is 1. The van der Waals surface area contributed by atoms with E-state index in [-0.39, 0.29) is 6.04 Å². The molecule has 5 nitrogen and oxygen atoms in total. The van der Waals surface area contributed by atoms with Crippen molar-refractivity contribution in [3.05, 3.63) is 107 Å². The van der Waals surface area contributed by atoms with Crippen molar-refractivity contribution in [3.8, 4) is 11.4 Å². The van der Waals surface area contributed by atoms with Crippen molar-refractivity contribution in [3.63, 3.8) is 0 Å². The van der Waals surface area contributed by atoms with Crippen molar-refractivity contribution in [1.82, 2.24) is 19.9 Å². The first-order chi connectivity index (χ1) is 17.3. The number of benzene rings is 2. The van der Waals surface area contributed by atoms with Crippen LogP contribution in [0.2, 0.25) is 0 Å². The Labute approximate surface area is 209 Å². The highest BCUT2D eigenvalue weighted by atomic mass is 32.1. The average Bonchev–Trinajstić information content (AvgIpc) is 3.31. The second-order valence-corrected chi connectivity index (χ2v) is 10.2. The van der Waals surface area contributed by atoms with Crippen molar-refractivity contribution in [2.45, 2.75) is 13.0 Å². The number of nitrogens with zero attached hydrogens (tertiary/aromatic N) is 5. The van der Waals surface area contributed by atoms with Crippen LogP contribution in [0.15, 0.2) is 91.3 Å². The second-order valence-electron chi connectivity index (χ2n) is 8.94. The van der Waals surface area contributed by atoms with Crippen LogP contribution in [-0.2, 0) is 0 Å². The third kappa shape index (κ3) is 4.43. The summed E-state index contributed by atoms with van der Waals surface area (Å²) in [5, 5.41) is 1.15. The van der Waals surface area contributed by atoms with E-state index in [2.05, 4.69) is 88.4 Å². The van der Waals surface area contributed by atoms with Crippen LogP contribution in [0.25, 0.3) is 21.6 Å². The maximum absolute atomic E-state index is 5.06. The summed E-state index contributed by atoms with van der Waals surface area (Å²) in [5.41, 5.74) is 3.63. The number of anilines is 1. The van der Waals surface area contributed by atoms with Gasteiger partial charge in [0.1, 0.15) is 10.6 Å². The highest BCUT2D eigenvalue weighted by Gasteiger charge is 2.28. The Morgan fingerprint density at radius 3 is 2.11 bits per heavy atom. The zero-order valence-electron chi connectivity index (χ0n) is 19.7. The standard InChI is InChI=1S/C29H27N5S/c1-21-19-25-28(31-27(32-29(25)35-21)24-13-8-14-30-20-24)34-17-15-33(16-18-34)26(22-9-4-2-5-10-22)23-11-6-3-7-12-23/h2-14,19-20,26H,15-18H2,1H3. The van der Waals surface area contributed by atoms with Crippen molar-refractivity contribution in [1.29, 1.82) is 0 Å². The Hall–Kier alpha value is -3.61. The molecule has 174 valence electrons. The molecule has 0 unspecified atom stereocenters. The molecule has 1 fully saturated rings. The molecule has 6 heteroatoms. The molecule has 4 heterocycles. The lowest BCUT2D eigenvalue weighted by Crippen LogP contribution is -2.48. The van der Waals surface area contributed by atoms with E-state index in [1.807, 2.05) is 18.3 Å². The Kier molecular flexibility index (Phi) is 5.98. The van der Waals surface area contributed by atoms with Crippen molar-refractivity contribution in [2.24, 2.45) is 0 Å². The van der Waals surface area contributed by atoms with Crippen molar-refractivity contribution < 1.29 is 0 Å². The van der Waals surface area contributed by atoms with E-state index >= 15 is 0 Å². The van der Waals surface area contributed by atoms with Crippen LogP contribution in [0.3, 0.4) is 0 Å². The van der Waals surface area contributed by atoms with Gasteiger partial charge in [0.25, 0.3) is 0 Å². The lowest BCUT2D eigenvalue weighted by molar-refractivity contribution is 0.212. The largest absolute Gasteiger partial charge is 0.353 e. The molecule has 0 atom stereocenters. The van der Waals surface area contributed by atoms with Gasteiger partial charge in [0, 0.05) is 49.0 Å². The molecule has 0 spiro atoms. The summed E-state index contributed by atoms with van der Waals surface area (Å²) in [6.45, 7) is 5.91. The predicted molar refractivity (Wildman–Crippen MR) is 144 cm³/mol. The Balaban J connectivity index is 1.31. The molecule has 3 aromatic heterocycles. The molecular weight excluding hydrogens is 450 g/mol. The van der Waals surface area contributed by atoms with Gasteiger partial charge < -0.3 is 4.90 Å². The van der Waals surface area contributed by atoms with Gasteiger partial charge >= 0.3 is 0 Å². The maximum Gasteiger partial charge on any atom is 0.164 e. The van der Waals surface area contributed by atoms with Gasteiger partial charge in [-0.05, 0) is 36.2 Å². The van der Waals surface area contributed by atoms with Crippen LogP contribution in [0.1, 0.15) is 22.0 Å². The number of hydrogen-bond acceptors (Lipinski definition) is 6. The quantitative estimate of drug-likeness (QED) is 0.312. The summed E-state index contributed by atoms with van der Waals surface area (Å²) in [4.78, 5) is 21.5. The molecule has 6 rings (SSSR count). The maximum atomic E-state index is 5.06. The summed E-state index contributed by atoms with van der Waals surface area (Å²) >= 11 is 1.73. The van der Waals surface area contributed by atoms with E-state index in [1.165, 1.54) is 16.0 Å². The van der Waals surface area contributed by atoms with Gasteiger partial charge in [-0.25, -0.2) is 9.97 Å². The Bertz CT molecular complexity index is 1370. The van der Waals surface area contributed by atoms with E-state index in [1.54, 1.807) is 17.5 Å². The minimum Gasteiger partial charge on any atom is -0.353 e. The van der Waals surface area contributed by atoms with Crippen LogP contribution in [0, 0.1) is 6.92 Å². The first-order valence-electron chi connectivity index (χ1n) is 12.0. The monoisotopic (exact) mass is 477 g/mol. The van der Waals surface area contributed by atoms with Crippen LogP contribution >= 0.6 is 11.3 Å². The molecule has 0 radical (unpaired) electrons. The van der Waals surface area contributed by atoms with Crippen LogP contribution in [-0.4, -0.2) is 46.0 Å². The number of fused-ring (bicyclic) bond motifs is 1. The molecule has 1 saturated heterocycles. The number of rotatable bonds is 5. The zero-order chi connectivity index (χ0) is 23.6. The van der Waals surface area contributed by atoms with E-state index < -0.39 is 0 Å². The summed E-state index contributed by atoms with van der Waals surface area (Å²) in [7, 11) is 0. The molecule has 0 amide bonds. The fourth-order valence-electron chi connectivity index (χ4n) is 4.97. The predicted octanol–water partition coefficient (Wildman–Crippen LogP) is 5.97. The van der Waals surface area contributed by atoms with Crippen molar-refractivity contribution >= 4 is 27.4 Å². The summed E-state index contributed by atoms with van der Waals surface area (Å²) in [6.07, 6.45) is 3.63. The third-order valence-electron chi connectivity index (χ3n) is 6.63. The van der Waals surface area contributed by atoms with Crippen molar-refractivity contribution in [2.75, 3.05) is 31.1 Å². The first-order valence-corrected chi connectivity index (χ1v) is 12.9. The minimum atomic E-state index is 0.249. The Morgan fingerprint density at radius 2 is 1.49 bits per heavy atom. The lowest BCUT2D eigenvalue weighted by atomic mass is 9.96. The van der Waals surface area contributed by atoms with E-state index in [0.29, 0.717) is 0 Å². The minimum absolute atomic E-state index is 0.249. The molecule has 0 N–H and O–H groups in total. The molecule has 1 aliphatic rings. The SMILES string of the molecule is Cc1cc2c(N3CCN(C(c4ccccc4)c4ccccc4)CC3)nc(-c3cccnc3)nc2s1. The number of piperazine rings is 1. The average molecular weight is 478 g/mol. The molecule has 0 aliphatic carbocycles. The fraction of sp³-hybridized carbons (Fsp3) is 0.207. The van der Waals surface area contributed by atoms with E-state index in [9.17, 15) is 0 Å². The van der Waals surface area contributed by atoms with Gasteiger partial charge in [0.05, 0.1) is 11.4 Å². The highest BCUT2D eigenvalue weighted by Crippen LogP contribution is 2.35. The van der Waals surface area contributed by atoms with Gasteiger partial charge in [-0.15, -0.1) is 11.3 Å². The van der Waals surface area contributed by atoms with Gasteiger partial charge in [-0.3, -0.25) is 9.88 Å². The lowest BCUT2D eigenvalue weighted by Gasteiger charge is -2.40. The number of aromatic nitrogens is 3. The number of pyridine rings is 1. The molecule has 5 aromatic rings. The fourth-order valence-corrected chi connectivity index (χ4v) is 5.84. The second kappa shape index (κ2) is 9.56. The van der Waals surface area contributed by atoms with Gasteiger partial charge in [0.15, 0.2) is 5.82 Å². The third-order valence-corrected chi connectivity index (χ3v) is 7.57. The summed E-state index contributed by atoms with van der Waals surface area (Å²) in [5.74, 6) is 1.78.